The van der Waals surface area contributed by atoms with Crippen LogP contribution in [0.3, 0.4) is 0 Å². The zero-order valence-electron chi connectivity index (χ0n) is 7.29. The van der Waals surface area contributed by atoms with E-state index in [0.717, 1.165) is 13.2 Å². The van der Waals surface area contributed by atoms with Gasteiger partial charge in [0.1, 0.15) is 0 Å². The first kappa shape index (κ1) is 8.27. The number of aryl methyl sites for hydroxylation is 1. The van der Waals surface area contributed by atoms with Crippen molar-refractivity contribution in [2.75, 3.05) is 13.7 Å². The van der Waals surface area contributed by atoms with Gasteiger partial charge >= 0.3 is 0 Å². The van der Waals surface area contributed by atoms with Crippen LogP contribution in [0.15, 0.2) is 6.20 Å². The summed E-state index contributed by atoms with van der Waals surface area (Å²) in [5.74, 6) is 0. The van der Waals surface area contributed by atoms with Gasteiger partial charge in [0.05, 0.1) is 19.3 Å². The van der Waals surface area contributed by atoms with Gasteiger partial charge in [-0.25, -0.2) is 0 Å². The van der Waals surface area contributed by atoms with Crippen molar-refractivity contribution >= 4 is 0 Å². The fourth-order valence-corrected chi connectivity index (χ4v) is 0.943. The van der Waals surface area contributed by atoms with Crippen molar-refractivity contribution in [2.24, 2.45) is 0 Å². The molecule has 1 aromatic heterocycles. The summed E-state index contributed by atoms with van der Waals surface area (Å²) in [6.07, 6.45) is 1.88. The molecule has 3 nitrogen and oxygen atoms in total. The molecule has 0 aromatic carbocycles. The van der Waals surface area contributed by atoms with Gasteiger partial charge in [-0.1, -0.05) is 0 Å². The largest absolute Gasteiger partial charge is 0.383 e. The highest BCUT2D eigenvalue weighted by molar-refractivity contribution is 5.12. The highest BCUT2D eigenvalue weighted by Gasteiger charge is 1.99. The van der Waals surface area contributed by atoms with Crippen LogP contribution in [-0.2, 0) is 11.3 Å². The lowest BCUT2D eigenvalue weighted by Gasteiger charge is -2.02. The monoisotopic (exact) mass is 154 g/mol. The molecule has 0 atom stereocenters. The van der Waals surface area contributed by atoms with E-state index in [2.05, 4.69) is 18.9 Å². The molecule has 1 heterocycles. The Morgan fingerprint density at radius 2 is 2.27 bits per heavy atom. The van der Waals surface area contributed by atoms with Gasteiger partial charge in [0.25, 0.3) is 0 Å². The average molecular weight is 154 g/mol. The van der Waals surface area contributed by atoms with Crippen molar-refractivity contribution in [3.8, 4) is 0 Å². The Balaban J connectivity index is 2.63. The summed E-state index contributed by atoms with van der Waals surface area (Å²) in [5, 5.41) is 4.19. The standard InChI is InChI=1S/C8H14N2O/c1-7-6-9-10(8(7)2)4-5-11-3/h6H,4-5H2,1-3H3. The molecule has 0 bridgehead atoms. The predicted molar refractivity (Wildman–Crippen MR) is 43.6 cm³/mol. The first-order chi connectivity index (χ1) is 5.25. The van der Waals surface area contributed by atoms with Crippen molar-refractivity contribution in [1.82, 2.24) is 9.78 Å². The summed E-state index contributed by atoms with van der Waals surface area (Å²) >= 11 is 0. The van der Waals surface area contributed by atoms with E-state index in [0.29, 0.717) is 0 Å². The van der Waals surface area contributed by atoms with Crippen molar-refractivity contribution in [3.05, 3.63) is 17.5 Å². The number of aromatic nitrogens is 2. The van der Waals surface area contributed by atoms with E-state index in [1.807, 2.05) is 10.9 Å². The summed E-state index contributed by atoms with van der Waals surface area (Å²) in [5.41, 5.74) is 2.46. The van der Waals surface area contributed by atoms with Gasteiger partial charge in [-0.3, -0.25) is 4.68 Å². The molecule has 3 heteroatoms. The molecule has 11 heavy (non-hydrogen) atoms. The molecule has 0 aliphatic heterocycles. The van der Waals surface area contributed by atoms with Crippen LogP contribution in [-0.4, -0.2) is 23.5 Å². The van der Waals surface area contributed by atoms with Gasteiger partial charge in [-0.15, -0.1) is 0 Å². The fraction of sp³-hybridized carbons (Fsp3) is 0.625. The third-order valence-electron chi connectivity index (χ3n) is 1.86. The molecule has 0 fully saturated rings. The van der Waals surface area contributed by atoms with E-state index in [1.165, 1.54) is 11.3 Å². The van der Waals surface area contributed by atoms with Gasteiger partial charge in [-0.2, -0.15) is 5.10 Å². The van der Waals surface area contributed by atoms with Crippen LogP contribution in [0.5, 0.6) is 0 Å². The molecular formula is C8H14N2O. The van der Waals surface area contributed by atoms with Crippen LogP contribution in [0.1, 0.15) is 11.3 Å². The van der Waals surface area contributed by atoms with E-state index in [9.17, 15) is 0 Å². The summed E-state index contributed by atoms with van der Waals surface area (Å²) < 4.78 is 6.91. The van der Waals surface area contributed by atoms with Crippen LogP contribution in [0.4, 0.5) is 0 Å². The number of rotatable bonds is 3. The number of methoxy groups -OCH3 is 1. The van der Waals surface area contributed by atoms with Gasteiger partial charge in [-0.05, 0) is 19.4 Å². The van der Waals surface area contributed by atoms with Gasteiger partial charge in [0.2, 0.25) is 0 Å². The minimum absolute atomic E-state index is 0.724. The molecule has 0 spiro atoms. The Hall–Kier alpha value is -0.830. The molecule has 0 aliphatic carbocycles. The first-order valence-electron chi connectivity index (χ1n) is 3.73. The smallest absolute Gasteiger partial charge is 0.0658 e. The van der Waals surface area contributed by atoms with Crippen LogP contribution in [0, 0.1) is 13.8 Å². The van der Waals surface area contributed by atoms with E-state index in [1.54, 1.807) is 7.11 Å². The fourth-order valence-electron chi connectivity index (χ4n) is 0.943. The Bertz CT molecular complexity index is 230. The maximum Gasteiger partial charge on any atom is 0.0658 e. The third kappa shape index (κ3) is 1.80. The lowest BCUT2D eigenvalue weighted by atomic mass is 10.3. The Morgan fingerprint density at radius 1 is 1.55 bits per heavy atom. The van der Waals surface area contributed by atoms with Crippen molar-refractivity contribution in [3.63, 3.8) is 0 Å². The number of hydrogen-bond donors (Lipinski definition) is 0. The van der Waals surface area contributed by atoms with Crippen molar-refractivity contribution < 1.29 is 4.74 Å². The van der Waals surface area contributed by atoms with E-state index < -0.39 is 0 Å². The molecule has 0 amide bonds. The average Bonchev–Trinajstić information content (AvgIpc) is 2.31. The first-order valence-corrected chi connectivity index (χ1v) is 3.73. The van der Waals surface area contributed by atoms with Crippen molar-refractivity contribution in [1.29, 1.82) is 0 Å². The SMILES string of the molecule is COCCn1ncc(C)c1C. The van der Waals surface area contributed by atoms with Gasteiger partial charge in [0, 0.05) is 12.8 Å². The lowest BCUT2D eigenvalue weighted by molar-refractivity contribution is 0.183. The lowest BCUT2D eigenvalue weighted by Crippen LogP contribution is -2.07. The van der Waals surface area contributed by atoms with E-state index in [4.69, 9.17) is 4.74 Å². The third-order valence-corrected chi connectivity index (χ3v) is 1.86. The van der Waals surface area contributed by atoms with Gasteiger partial charge < -0.3 is 4.74 Å². The molecule has 0 aliphatic rings. The number of hydrogen-bond acceptors (Lipinski definition) is 2. The van der Waals surface area contributed by atoms with Crippen LogP contribution in [0.2, 0.25) is 0 Å². The molecule has 0 saturated carbocycles. The molecule has 0 unspecified atom stereocenters. The second-order valence-corrected chi connectivity index (χ2v) is 2.63. The molecule has 1 aromatic rings. The molecule has 0 radical (unpaired) electrons. The molecular weight excluding hydrogens is 140 g/mol. The zero-order valence-corrected chi connectivity index (χ0v) is 7.29. The van der Waals surface area contributed by atoms with E-state index >= 15 is 0 Å². The summed E-state index contributed by atoms with van der Waals surface area (Å²) in [6, 6.07) is 0. The highest BCUT2D eigenvalue weighted by atomic mass is 16.5. The van der Waals surface area contributed by atoms with Crippen molar-refractivity contribution in [2.45, 2.75) is 20.4 Å². The zero-order chi connectivity index (χ0) is 8.27. The van der Waals surface area contributed by atoms with Gasteiger partial charge in [0.15, 0.2) is 0 Å². The normalized spacial score (nSPS) is 10.5. The van der Waals surface area contributed by atoms with Crippen LogP contribution < -0.4 is 0 Å². The molecule has 0 saturated heterocycles. The summed E-state index contributed by atoms with van der Waals surface area (Å²) in [6.45, 7) is 5.70. The Kier molecular flexibility index (Phi) is 2.65. The molecule has 62 valence electrons. The minimum atomic E-state index is 0.724. The topological polar surface area (TPSA) is 27.1 Å². The Morgan fingerprint density at radius 3 is 2.73 bits per heavy atom. The predicted octanol–water partition coefficient (Wildman–Crippen LogP) is 1.15. The second kappa shape index (κ2) is 3.53. The summed E-state index contributed by atoms with van der Waals surface area (Å²) in [7, 11) is 1.70. The highest BCUT2D eigenvalue weighted by Crippen LogP contribution is 2.03. The van der Waals surface area contributed by atoms with E-state index in [-0.39, 0.29) is 0 Å². The minimum Gasteiger partial charge on any atom is -0.383 e. The summed E-state index contributed by atoms with van der Waals surface area (Å²) in [4.78, 5) is 0. The quantitative estimate of drug-likeness (QED) is 0.653. The second-order valence-electron chi connectivity index (χ2n) is 2.63. The van der Waals surface area contributed by atoms with Crippen LogP contribution >= 0.6 is 0 Å². The Labute approximate surface area is 67.0 Å². The maximum absolute atomic E-state index is 4.95. The van der Waals surface area contributed by atoms with Crippen LogP contribution in [0.25, 0.3) is 0 Å². The number of ether oxygens (including phenoxy) is 1. The molecule has 0 N–H and O–H groups in total. The number of nitrogens with zero attached hydrogens (tertiary/aromatic N) is 2. The molecule has 1 rings (SSSR count). The maximum atomic E-state index is 4.95.